The lowest BCUT2D eigenvalue weighted by molar-refractivity contribution is -0.134. The van der Waals surface area contributed by atoms with Crippen LogP contribution in [0.1, 0.15) is 24.7 Å². The molecule has 0 atom stereocenters. The van der Waals surface area contributed by atoms with Crippen LogP contribution in [0, 0.1) is 11.3 Å². The Kier molecular flexibility index (Phi) is 6.57. The van der Waals surface area contributed by atoms with Crippen molar-refractivity contribution in [3.8, 4) is 17.6 Å². The van der Waals surface area contributed by atoms with Gasteiger partial charge in [-0.3, -0.25) is 9.59 Å². The van der Waals surface area contributed by atoms with Crippen LogP contribution in [-0.4, -0.2) is 19.0 Å². The first-order valence-corrected chi connectivity index (χ1v) is 7.88. The summed E-state index contributed by atoms with van der Waals surface area (Å²) in [6.07, 6.45) is 3.16. The van der Waals surface area contributed by atoms with Gasteiger partial charge in [0.05, 0.1) is 19.9 Å². The molecule has 0 aliphatic carbocycles. The molecule has 0 saturated heterocycles. The summed E-state index contributed by atoms with van der Waals surface area (Å²) in [4.78, 5) is 23.6. The highest BCUT2D eigenvalue weighted by molar-refractivity contribution is 6.01. The summed E-state index contributed by atoms with van der Waals surface area (Å²) < 4.78 is 15.5. The summed E-state index contributed by atoms with van der Waals surface area (Å²) >= 11 is 0. The molecule has 1 N–H and O–H groups in total. The van der Waals surface area contributed by atoms with Crippen molar-refractivity contribution in [1.29, 1.82) is 5.26 Å². The Morgan fingerprint density at radius 2 is 2.12 bits per heavy atom. The van der Waals surface area contributed by atoms with Crippen LogP contribution in [0.4, 0.5) is 0 Å². The van der Waals surface area contributed by atoms with Gasteiger partial charge in [0.2, 0.25) is 0 Å². The second-order valence-corrected chi connectivity index (χ2v) is 5.17. The monoisotopic (exact) mass is 354 g/mol. The summed E-state index contributed by atoms with van der Waals surface area (Å²) in [5, 5.41) is 11.8. The summed E-state index contributed by atoms with van der Waals surface area (Å²) in [6, 6.07) is 10.0. The molecule has 0 radical (unpaired) electrons. The Morgan fingerprint density at radius 1 is 1.31 bits per heavy atom. The molecule has 0 saturated carbocycles. The summed E-state index contributed by atoms with van der Waals surface area (Å²) in [6.45, 7) is 1.87. The Labute approximate surface area is 150 Å². The molecule has 1 amide bonds. The Hall–Kier alpha value is -3.53. The van der Waals surface area contributed by atoms with Gasteiger partial charge in [0, 0.05) is 6.42 Å². The van der Waals surface area contributed by atoms with Gasteiger partial charge in [-0.1, -0.05) is 13.0 Å². The molecule has 0 aliphatic rings. The average molecular weight is 354 g/mol. The standard InChI is InChI=1S/C19H18N2O5/c1-3-18(22)26-16-7-6-13(10-17(16)24-2)9-14(11-20)19(23)21-12-15-5-4-8-25-15/h4-10H,3,12H2,1-2H3,(H,21,23)/b14-9+. The van der Waals surface area contributed by atoms with E-state index in [1.807, 2.05) is 6.07 Å². The molecular weight excluding hydrogens is 336 g/mol. The lowest BCUT2D eigenvalue weighted by Crippen LogP contribution is -2.23. The number of hydrogen-bond donors (Lipinski definition) is 1. The molecule has 2 rings (SSSR count). The molecule has 26 heavy (non-hydrogen) atoms. The van der Waals surface area contributed by atoms with Crippen molar-refractivity contribution in [1.82, 2.24) is 5.32 Å². The highest BCUT2D eigenvalue weighted by atomic mass is 16.6. The molecule has 0 unspecified atom stereocenters. The fourth-order valence-corrected chi connectivity index (χ4v) is 2.04. The van der Waals surface area contributed by atoms with Crippen LogP contribution < -0.4 is 14.8 Å². The minimum Gasteiger partial charge on any atom is -0.493 e. The van der Waals surface area contributed by atoms with E-state index in [2.05, 4.69) is 5.32 Å². The third kappa shape index (κ3) is 4.98. The first kappa shape index (κ1) is 18.8. The van der Waals surface area contributed by atoms with Crippen LogP contribution in [0.2, 0.25) is 0 Å². The molecule has 134 valence electrons. The summed E-state index contributed by atoms with van der Waals surface area (Å²) in [5.74, 6) is 0.275. The highest BCUT2D eigenvalue weighted by Gasteiger charge is 2.12. The lowest BCUT2D eigenvalue weighted by Gasteiger charge is -2.09. The quantitative estimate of drug-likeness (QED) is 0.355. The van der Waals surface area contributed by atoms with Gasteiger partial charge < -0.3 is 19.2 Å². The van der Waals surface area contributed by atoms with Gasteiger partial charge in [-0.2, -0.15) is 5.26 Å². The molecule has 0 bridgehead atoms. The second-order valence-electron chi connectivity index (χ2n) is 5.17. The fourth-order valence-electron chi connectivity index (χ4n) is 2.04. The smallest absolute Gasteiger partial charge is 0.311 e. The first-order valence-electron chi connectivity index (χ1n) is 7.88. The average Bonchev–Trinajstić information content (AvgIpc) is 3.18. The number of carbonyl (C=O) groups excluding carboxylic acids is 2. The van der Waals surface area contributed by atoms with Gasteiger partial charge in [-0.25, -0.2) is 0 Å². The van der Waals surface area contributed by atoms with Crippen LogP contribution in [-0.2, 0) is 16.1 Å². The Morgan fingerprint density at radius 3 is 2.73 bits per heavy atom. The van der Waals surface area contributed by atoms with Gasteiger partial charge in [0.1, 0.15) is 17.4 Å². The molecule has 0 aliphatic heterocycles. The number of esters is 1. The molecule has 1 aromatic heterocycles. The molecule has 2 aromatic rings. The van der Waals surface area contributed by atoms with Crippen LogP contribution in [0.5, 0.6) is 11.5 Å². The van der Waals surface area contributed by atoms with E-state index in [1.54, 1.807) is 37.3 Å². The van der Waals surface area contributed by atoms with Crippen molar-refractivity contribution >= 4 is 18.0 Å². The van der Waals surface area contributed by atoms with Crippen LogP contribution in [0.25, 0.3) is 6.08 Å². The zero-order chi connectivity index (χ0) is 18.9. The number of methoxy groups -OCH3 is 1. The maximum absolute atomic E-state index is 12.1. The minimum absolute atomic E-state index is 0.0723. The number of amides is 1. The molecule has 7 heteroatoms. The van der Waals surface area contributed by atoms with E-state index in [0.29, 0.717) is 17.1 Å². The maximum Gasteiger partial charge on any atom is 0.311 e. The van der Waals surface area contributed by atoms with Gasteiger partial charge in [0.15, 0.2) is 11.5 Å². The number of benzene rings is 1. The molecular formula is C19H18N2O5. The van der Waals surface area contributed by atoms with E-state index in [1.165, 1.54) is 19.4 Å². The van der Waals surface area contributed by atoms with Crippen LogP contribution >= 0.6 is 0 Å². The molecule has 0 spiro atoms. The van der Waals surface area contributed by atoms with Gasteiger partial charge in [-0.15, -0.1) is 0 Å². The van der Waals surface area contributed by atoms with E-state index in [-0.39, 0.29) is 30.3 Å². The lowest BCUT2D eigenvalue weighted by atomic mass is 10.1. The third-order valence-corrected chi connectivity index (χ3v) is 3.38. The predicted octanol–water partition coefficient (Wildman–Crippen LogP) is 2.83. The number of ether oxygens (including phenoxy) is 2. The molecule has 1 aromatic carbocycles. The van der Waals surface area contributed by atoms with Gasteiger partial charge >= 0.3 is 5.97 Å². The first-order chi connectivity index (χ1) is 12.6. The molecule has 7 nitrogen and oxygen atoms in total. The maximum atomic E-state index is 12.1. The van der Waals surface area contributed by atoms with Crippen molar-refractivity contribution < 1.29 is 23.5 Å². The number of furan rings is 1. The van der Waals surface area contributed by atoms with Crippen molar-refractivity contribution in [2.24, 2.45) is 0 Å². The topological polar surface area (TPSA) is 102 Å². The fraction of sp³-hybridized carbons (Fsp3) is 0.211. The summed E-state index contributed by atoms with van der Waals surface area (Å²) in [5.41, 5.74) is 0.486. The highest BCUT2D eigenvalue weighted by Crippen LogP contribution is 2.29. The zero-order valence-electron chi connectivity index (χ0n) is 14.4. The van der Waals surface area contributed by atoms with Gasteiger partial charge in [0.25, 0.3) is 5.91 Å². The number of rotatable bonds is 7. The number of hydrogen-bond acceptors (Lipinski definition) is 6. The van der Waals surface area contributed by atoms with Crippen LogP contribution in [0.15, 0.2) is 46.6 Å². The SMILES string of the molecule is CCC(=O)Oc1ccc(/C=C(\C#N)C(=O)NCc2ccco2)cc1OC. The van der Waals surface area contributed by atoms with E-state index in [4.69, 9.17) is 13.9 Å². The van der Waals surface area contributed by atoms with Crippen molar-refractivity contribution in [2.45, 2.75) is 19.9 Å². The van der Waals surface area contributed by atoms with Crippen molar-refractivity contribution in [2.75, 3.05) is 7.11 Å². The van der Waals surface area contributed by atoms with E-state index < -0.39 is 5.91 Å². The van der Waals surface area contributed by atoms with Gasteiger partial charge in [-0.05, 0) is 35.9 Å². The largest absolute Gasteiger partial charge is 0.493 e. The molecule has 1 heterocycles. The van der Waals surface area contributed by atoms with E-state index in [0.717, 1.165) is 0 Å². The normalized spacial score (nSPS) is 10.7. The predicted molar refractivity (Wildman–Crippen MR) is 93.1 cm³/mol. The summed E-state index contributed by atoms with van der Waals surface area (Å²) in [7, 11) is 1.44. The Balaban J connectivity index is 2.15. The van der Waals surface area contributed by atoms with Crippen molar-refractivity contribution in [3.63, 3.8) is 0 Å². The Bertz CT molecular complexity index is 847. The van der Waals surface area contributed by atoms with Crippen LogP contribution in [0.3, 0.4) is 0 Å². The number of nitrogens with one attached hydrogen (secondary N) is 1. The number of nitrogens with zero attached hydrogens (tertiary/aromatic N) is 1. The second kappa shape index (κ2) is 9.08. The van der Waals surface area contributed by atoms with Crippen molar-refractivity contribution in [3.05, 3.63) is 53.5 Å². The minimum atomic E-state index is -0.524. The van der Waals surface area contributed by atoms with E-state index in [9.17, 15) is 14.9 Å². The zero-order valence-corrected chi connectivity index (χ0v) is 14.4. The molecule has 0 fully saturated rings. The third-order valence-electron chi connectivity index (χ3n) is 3.38. The van der Waals surface area contributed by atoms with E-state index >= 15 is 0 Å². The number of nitriles is 1. The number of carbonyl (C=O) groups is 2.